The smallest absolute Gasteiger partial charge is 0.479 e. The number of aliphatic carboxylic acids is 1. The van der Waals surface area contributed by atoms with Crippen molar-refractivity contribution in [2.45, 2.75) is 24.2 Å². The van der Waals surface area contributed by atoms with Gasteiger partial charge in [0, 0.05) is 5.56 Å². The van der Waals surface area contributed by atoms with E-state index in [1.165, 1.54) is 0 Å². The molecule has 0 spiro atoms. The fourth-order valence-corrected chi connectivity index (χ4v) is 1.87. The van der Waals surface area contributed by atoms with E-state index in [-0.39, 0.29) is 11.1 Å². The van der Waals surface area contributed by atoms with Gasteiger partial charge < -0.3 is 14.9 Å². The number of benzene rings is 1. The Bertz CT molecular complexity index is 558. The van der Waals surface area contributed by atoms with Gasteiger partial charge in [0.2, 0.25) is 0 Å². The zero-order valence-corrected chi connectivity index (χ0v) is 12.1. The Morgan fingerprint density at radius 1 is 1.33 bits per heavy atom. The third-order valence-corrected chi connectivity index (χ3v) is 3.58. The Kier molecular flexibility index (Phi) is 5.35. The molecule has 0 fully saturated rings. The van der Waals surface area contributed by atoms with Crippen LogP contribution in [0.4, 0.5) is 13.2 Å². The molecule has 0 aliphatic carbocycles. The number of alkyl halides is 4. The van der Waals surface area contributed by atoms with Crippen molar-refractivity contribution in [2.24, 2.45) is 0 Å². The molecule has 1 rings (SSSR count). The molecule has 0 aromatic heterocycles. The third-order valence-electron chi connectivity index (χ3n) is 2.44. The van der Waals surface area contributed by atoms with Crippen LogP contribution in [-0.4, -0.2) is 28.3 Å². The summed E-state index contributed by atoms with van der Waals surface area (Å²) < 4.78 is 40.7. The summed E-state index contributed by atoms with van der Waals surface area (Å²) in [5.41, 5.74) is -0.393. The maximum Gasteiger partial charge on any atom is 0.573 e. The maximum absolute atomic E-state index is 12.3. The number of carbonyl (C=O) groups excluding carboxylic acids is 1. The first-order valence-electron chi connectivity index (χ1n) is 5.48. The molecule has 2 N–H and O–H groups in total. The second-order valence-corrected chi connectivity index (χ2v) is 4.97. The molecule has 0 bridgehead atoms. The van der Waals surface area contributed by atoms with Gasteiger partial charge in [0.1, 0.15) is 16.4 Å². The van der Waals surface area contributed by atoms with E-state index in [2.05, 4.69) is 20.7 Å². The molecule has 0 saturated carbocycles. The number of ketones is 1. The highest BCUT2D eigenvalue weighted by atomic mass is 79.9. The van der Waals surface area contributed by atoms with Gasteiger partial charge in [-0.15, -0.1) is 13.2 Å². The summed E-state index contributed by atoms with van der Waals surface area (Å²) in [7, 11) is 0. The summed E-state index contributed by atoms with van der Waals surface area (Å²) in [6, 6.07) is 2.80. The molecule has 0 aliphatic heterocycles. The monoisotopic (exact) mass is 370 g/mol. The topological polar surface area (TPSA) is 83.8 Å². The average molecular weight is 371 g/mol. The number of carboxylic acids is 1. The minimum absolute atomic E-state index is 0.169. The van der Waals surface area contributed by atoms with Crippen LogP contribution in [0.15, 0.2) is 18.2 Å². The standard InChI is InChI=1S/C12H10BrF3O5/c1-5(17)9(13)7-4-6(10(18)11(19)20)2-3-8(7)21-12(14,15)16/h2-4,9-10,18H,1H3,(H,19,20). The SMILES string of the molecule is CC(=O)C(Br)c1cc(C(O)C(=O)O)ccc1OC(F)(F)F. The molecular weight excluding hydrogens is 361 g/mol. The molecule has 2 unspecified atom stereocenters. The molecule has 0 amide bonds. The number of rotatable bonds is 5. The van der Waals surface area contributed by atoms with Crippen LogP contribution in [0, 0.1) is 0 Å². The van der Waals surface area contributed by atoms with E-state index in [1.807, 2.05) is 0 Å². The number of ether oxygens (including phenoxy) is 1. The van der Waals surface area contributed by atoms with Gasteiger partial charge in [-0.1, -0.05) is 22.0 Å². The van der Waals surface area contributed by atoms with Crippen LogP contribution in [0.3, 0.4) is 0 Å². The summed E-state index contributed by atoms with van der Waals surface area (Å²) in [5, 5.41) is 18.1. The Balaban J connectivity index is 3.32. The number of aliphatic hydroxyl groups is 1. The van der Waals surface area contributed by atoms with Gasteiger partial charge in [-0.3, -0.25) is 4.79 Å². The molecule has 9 heteroatoms. The van der Waals surface area contributed by atoms with E-state index < -0.39 is 34.8 Å². The van der Waals surface area contributed by atoms with Crippen molar-refractivity contribution in [1.82, 2.24) is 0 Å². The van der Waals surface area contributed by atoms with Crippen LogP contribution in [0.5, 0.6) is 5.75 Å². The van der Waals surface area contributed by atoms with Crippen molar-refractivity contribution >= 4 is 27.7 Å². The van der Waals surface area contributed by atoms with Crippen molar-refractivity contribution in [3.8, 4) is 5.75 Å². The average Bonchev–Trinajstić information content (AvgIpc) is 2.35. The fraction of sp³-hybridized carbons (Fsp3) is 0.333. The summed E-state index contributed by atoms with van der Waals surface area (Å²) >= 11 is 2.90. The largest absolute Gasteiger partial charge is 0.573 e. The van der Waals surface area contributed by atoms with Crippen molar-refractivity contribution in [3.05, 3.63) is 29.3 Å². The molecule has 0 heterocycles. The van der Waals surface area contributed by atoms with Gasteiger partial charge in [0.05, 0.1) is 0 Å². The predicted octanol–water partition coefficient (Wildman–Crippen LogP) is 2.73. The lowest BCUT2D eigenvalue weighted by Crippen LogP contribution is -2.19. The van der Waals surface area contributed by atoms with Crippen molar-refractivity contribution in [2.75, 3.05) is 0 Å². The van der Waals surface area contributed by atoms with E-state index in [0.717, 1.165) is 25.1 Å². The van der Waals surface area contributed by atoms with Gasteiger partial charge in [-0.25, -0.2) is 4.79 Å². The van der Waals surface area contributed by atoms with Crippen molar-refractivity contribution in [3.63, 3.8) is 0 Å². The van der Waals surface area contributed by atoms with Crippen LogP contribution in [-0.2, 0) is 9.59 Å². The fourth-order valence-electron chi connectivity index (χ4n) is 1.51. The van der Waals surface area contributed by atoms with Crippen LogP contribution >= 0.6 is 15.9 Å². The number of halogens is 4. The van der Waals surface area contributed by atoms with Crippen LogP contribution in [0.1, 0.15) is 29.0 Å². The normalized spacial score (nSPS) is 14.4. The van der Waals surface area contributed by atoms with E-state index >= 15 is 0 Å². The number of aliphatic hydroxyl groups excluding tert-OH is 1. The number of carboxylic acid groups (broad SMARTS) is 1. The van der Waals surface area contributed by atoms with E-state index in [9.17, 15) is 27.9 Å². The zero-order chi connectivity index (χ0) is 16.4. The molecule has 21 heavy (non-hydrogen) atoms. The highest BCUT2D eigenvalue weighted by Crippen LogP contribution is 2.36. The minimum atomic E-state index is -4.97. The molecule has 1 aromatic rings. The number of hydrogen-bond donors (Lipinski definition) is 2. The molecule has 2 atom stereocenters. The third kappa shape index (κ3) is 4.71. The summed E-state index contributed by atoms with van der Waals surface area (Å²) in [4.78, 5) is 20.9. The molecule has 0 aliphatic rings. The highest BCUT2D eigenvalue weighted by Gasteiger charge is 2.33. The predicted molar refractivity (Wildman–Crippen MR) is 68.1 cm³/mol. The lowest BCUT2D eigenvalue weighted by molar-refractivity contribution is -0.274. The molecule has 0 saturated heterocycles. The number of hydrogen-bond acceptors (Lipinski definition) is 4. The molecule has 0 radical (unpaired) electrons. The molecular formula is C12H10BrF3O5. The van der Waals surface area contributed by atoms with Crippen LogP contribution < -0.4 is 4.74 Å². The Morgan fingerprint density at radius 2 is 1.90 bits per heavy atom. The zero-order valence-electron chi connectivity index (χ0n) is 10.5. The lowest BCUT2D eigenvalue weighted by atomic mass is 10.0. The summed E-state index contributed by atoms with van der Waals surface area (Å²) in [6.45, 7) is 1.14. The maximum atomic E-state index is 12.3. The van der Waals surface area contributed by atoms with Crippen molar-refractivity contribution in [1.29, 1.82) is 0 Å². The first-order chi connectivity index (χ1) is 9.53. The Morgan fingerprint density at radius 3 is 2.33 bits per heavy atom. The van der Waals surface area contributed by atoms with E-state index in [1.54, 1.807) is 0 Å². The summed E-state index contributed by atoms with van der Waals surface area (Å²) in [5.74, 6) is -2.73. The second kappa shape index (κ2) is 6.44. The van der Waals surface area contributed by atoms with Gasteiger partial charge >= 0.3 is 12.3 Å². The molecule has 5 nitrogen and oxygen atoms in total. The van der Waals surface area contributed by atoms with Crippen molar-refractivity contribution < 1.29 is 37.7 Å². The first-order valence-corrected chi connectivity index (χ1v) is 6.39. The second-order valence-electron chi connectivity index (χ2n) is 4.06. The Labute approximate surface area is 125 Å². The number of carbonyl (C=O) groups is 2. The molecule has 116 valence electrons. The lowest BCUT2D eigenvalue weighted by Gasteiger charge is -2.17. The van der Waals surface area contributed by atoms with Gasteiger partial charge in [0.15, 0.2) is 6.10 Å². The first kappa shape index (κ1) is 17.4. The van der Waals surface area contributed by atoms with Gasteiger partial charge in [0.25, 0.3) is 0 Å². The summed E-state index contributed by atoms with van der Waals surface area (Å²) in [6.07, 6.45) is -6.89. The van der Waals surface area contributed by atoms with Crippen LogP contribution in [0.2, 0.25) is 0 Å². The van der Waals surface area contributed by atoms with E-state index in [0.29, 0.717) is 0 Å². The highest BCUT2D eigenvalue weighted by molar-refractivity contribution is 9.09. The minimum Gasteiger partial charge on any atom is -0.479 e. The quantitative estimate of drug-likeness (QED) is 0.778. The van der Waals surface area contributed by atoms with E-state index in [4.69, 9.17) is 5.11 Å². The van der Waals surface area contributed by atoms with Crippen LogP contribution in [0.25, 0.3) is 0 Å². The van der Waals surface area contributed by atoms with Gasteiger partial charge in [-0.05, 0) is 24.6 Å². The number of Topliss-reactive ketones (excluding diaryl/α,β-unsaturated/α-hetero) is 1. The molecule has 1 aromatic carbocycles. The van der Waals surface area contributed by atoms with Gasteiger partial charge in [-0.2, -0.15) is 0 Å². The Hall–Kier alpha value is -1.61.